The van der Waals surface area contributed by atoms with Gasteiger partial charge in [0.1, 0.15) is 6.54 Å². The molecule has 0 bridgehead atoms. The van der Waals surface area contributed by atoms with Gasteiger partial charge in [-0.3, -0.25) is 19.3 Å². The van der Waals surface area contributed by atoms with Crippen LogP contribution in [0.4, 0.5) is 0 Å². The van der Waals surface area contributed by atoms with Crippen LogP contribution in [0.2, 0.25) is 0 Å². The molecule has 2 amide bonds. The van der Waals surface area contributed by atoms with E-state index in [2.05, 4.69) is 27.1 Å². The maximum absolute atomic E-state index is 12.8. The van der Waals surface area contributed by atoms with Gasteiger partial charge in [-0.2, -0.15) is 0 Å². The average molecular weight is 375 g/mol. The van der Waals surface area contributed by atoms with Crippen molar-refractivity contribution in [2.45, 2.75) is 13.1 Å². The summed E-state index contributed by atoms with van der Waals surface area (Å²) in [6.07, 6.45) is 0. The van der Waals surface area contributed by atoms with Crippen molar-refractivity contribution >= 4 is 17.8 Å². The number of ether oxygens (including phenoxy) is 2. The summed E-state index contributed by atoms with van der Waals surface area (Å²) in [5, 5.41) is 2.53. The van der Waals surface area contributed by atoms with Crippen molar-refractivity contribution in [2.75, 3.05) is 46.5 Å². The van der Waals surface area contributed by atoms with Crippen LogP contribution in [0, 0.1) is 5.92 Å². The third-order valence-electron chi connectivity index (χ3n) is 4.89. The molecule has 1 N–H and O–H groups in total. The first-order valence-corrected chi connectivity index (χ1v) is 9.06. The number of esters is 1. The highest BCUT2D eigenvalue weighted by Crippen LogP contribution is 2.22. The molecule has 0 radical (unpaired) electrons. The van der Waals surface area contributed by atoms with E-state index in [0.717, 1.165) is 13.1 Å². The second-order valence-electron chi connectivity index (χ2n) is 6.82. The molecule has 1 fully saturated rings. The summed E-state index contributed by atoms with van der Waals surface area (Å²) in [6, 6.07) is 8.18. The minimum Gasteiger partial charge on any atom is -0.468 e. The van der Waals surface area contributed by atoms with Gasteiger partial charge in [-0.25, -0.2) is 0 Å². The van der Waals surface area contributed by atoms with E-state index in [1.54, 1.807) is 4.90 Å². The summed E-state index contributed by atoms with van der Waals surface area (Å²) in [5.74, 6) is -1.34. The molecule has 0 aromatic heterocycles. The molecule has 1 aromatic carbocycles. The Hall–Kier alpha value is -2.45. The Balaban J connectivity index is 1.53. The highest BCUT2D eigenvalue weighted by Gasteiger charge is 2.29. The predicted molar refractivity (Wildman–Crippen MR) is 96.5 cm³/mol. The Bertz CT molecular complexity index is 683. The van der Waals surface area contributed by atoms with Crippen molar-refractivity contribution in [3.05, 3.63) is 35.4 Å². The summed E-state index contributed by atoms with van der Waals surface area (Å²) in [7, 11) is 1.26. The summed E-state index contributed by atoms with van der Waals surface area (Å²) in [5.41, 5.74) is 2.51. The first kappa shape index (κ1) is 19.3. The predicted octanol–water partition coefficient (Wildman–Crippen LogP) is -0.234. The molecule has 1 aromatic rings. The second-order valence-corrected chi connectivity index (χ2v) is 6.82. The van der Waals surface area contributed by atoms with Gasteiger partial charge in [0.2, 0.25) is 11.8 Å². The van der Waals surface area contributed by atoms with E-state index in [1.165, 1.54) is 18.2 Å². The van der Waals surface area contributed by atoms with Gasteiger partial charge < -0.3 is 19.7 Å². The van der Waals surface area contributed by atoms with E-state index in [0.29, 0.717) is 19.7 Å². The third-order valence-corrected chi connectivity index (χ3v) is 4.89. The van der Waals surface area contributed by atoms with Crippen molar-refractivity contribution < 1.29 is 23.9 Å². The molecule has 0 saturated carbocycles. The normalized spacial score (nSPS) is 19.9. The first-order chi connectivity index (χ1) is 13.1. The molecular weight excluding hydrogens is 350 g/mol. The number of benzene rings is 1. The second kappa shape index (κ2) is 8.96. The molecule has 1 saturated heterocycles. The van der Waals surface area contributed by atoms with E-state index in [-0.39, 0.29) is 31.5 Å². The molecule has 3 rings (SSSR count). The lowest BCUT2D eigenvalue weighted by molar-refractivity contribution is -0.142. The quantitative estimate of drug-likeness (QED) is 0.715. The van der Waals surface area contributed by atoms with Crippen molar-refractivity contribution in [3.8, 4) is 0 Å². The van der Waals surface area contributed by atoms with Crippen LogP contribution in [0.1, 0.15) is 11.1 Å². The van der Waals surface area contributed by atoms with Crippen molar-refractivity contribution in [3.63, 3.8) is 0 Å². The van der Waals surface area contributed by atoms with Crippen LogP contribution in [0.15, 0.2) is 24.3 Å². The number of methoxy groups -OCH3 is 1. The zero-order valence-corrected chi connectivity index (χ0v) is 15.5. The number of nitrogens with one attached hydrogen (secondary N) is 1. The van der Waals surface area contributed by atoms with Gasteiger partial charge >= 0.3 is 5.97 Å². The zero-order chi connectivity index (χ0) is 19.2. The summed E-state index contributed by atoms with van der Waals surface area (Å²) >= 11 is 0. The van der Waals surface area contributed by atoms with E-state index in [1.807, 2.05) is 12.1 Å². The molecule has 2 aliphatic rings. The fourth-order valence-electron chi connectivity index (χ4n) is 3.38. The van der Waals surface area contributed by atoms with E-state index in [9.17, 15) is 14.4 Å². The number of amides is 2. The smallest absolute Gasteiger partial charge is 0.325 e. The molecule has 146 valence electrons. The van der Waals surface area contributed by atoms with Crippen molar-refractivity contribution in [1.29, 1.82) is 0 Å². The molecule has 0 spiro atoms. The number of rotatable bonds is 5. The Morgan fingerprint density at radius 1 is 1.22 bits per heavy atom. The van der Waals surface area contributed by atoms with Crippen LogP contribution in [0.5, 0.6) is 0 Å². The summed E-state index contributed by atoms with van der Waals surface area (Å²) in [4.78, 5) is 40.0. The highest BCUT2D eigenvalue weighted by atomic mass is 16.5. The number of carbonyl (C=O) groups excluding carboxylic acids is 3. The minimum atomic E-state index is -0.514. The van der Waals surface area contributed by atoms with Crippen LogP contribution < -0.4 is 5.32 Å². The van der Waals surface area contributed by atoms with Gasteiger partial charge in [-0.1, -0.05) is 24.3 Å². The maximum atomic E-state index is 12.8. The van der Waals surface area contributed by atoms with Crippen molar-refractivity contribution in [1.82, 2.24) is 15.1 Å². The van der Waals surface area contributed by atoms with Gasteiger partial charge in [0, 0.05) is 26.2 Å². The van der Waals surface area contributed by atoms with Crippen LogP contribution >= 0.6 is 0 Å². The lowest BCUT2D eigenvalue weighted by Crippen LogP contribution is -2.45. The molecule has 27 heavy (non-hydrogen) atoms. The van der Waals surface area contributed by atoms with E-state index in [4.69, 9.17) is 4.74 Å². The summed E-state index contributed by atoms with van der Waals surface area (Å²) in [6.45, 7) is 3.01. The molecule has 2 aliphatic heterocycles. The van der Waals surface area contributed by atoms with Gasteiger partial charge in [-0.15, -0.1) is 0 Å². The molecule has 1 atom stereocenters. The molecule has 8 heteroatoms. The number of hydrogen-bond acceptors (Lipinski definition) is 6. The Kier molecular flexibility index (Phi) is 6.41. The lowest BCUT2D eigenvalue weighted by atomic mass is 10.1. The molecule has 2 heterocycles. The largest absolute Gasteiger partial charge is 0.468 e. The SMILES string of the molecule is COC(=O)CNC(=O)C1COCCN(C(=O)CN2Cc3ccccc3C2)C1. The lowest BCUT2D eigenvalue weighted by Gasteiger charge is -2.25. The Morgan fingerprint density at radius 2 is 1.93 bits per heavy atom. The standard InChI is InChI=1S/C19H25N3O5/c1-26-18(24)8-20-19(25)16-11-22(6-7-27-13-16)17(23)12-21-9-14-4-2-3-5-15(14)10-21/h2-5,16H,6-13H2,1H3,(H,20,25). The van der Waals surface area contributed by atoms with E-state index < -0.39 is 11.9 Å². The highest BCUT2D eigenvalue weighted by molar-refractivity contribution is 5.85. The monoisotopic (exact) mass is 375 g/mol. The number of fused-ring (bicyclic) bond motifs is 1. The van der Waals surface area contributed by atoms with Crippen LogP contribution in [-0.2, 0) is 36.9 Å². The Labute approximate surface area is 158 Å². The van der Waals surface area contributed by atoms with Gasteiger partial charge in [0.15, 0.2) is 0 Å². The van der Waals surface area contributed by atoms with Crippen molar-refractivity contribution in [2.24, 2.45) is 5.92 Å². The summed E-state index contributed by atoms with van der Waals surface area (Å²) < 4.78 is 10.00. The fraction of sp³-hybridized carbons (Fsp3) is 0.526. The fourth-order valence-corrected chi connectivity index (χ4v) is 3.38. The Morgan fingerprint density at radius 3 is 2.59 bits per heavy atom. The van der Waals surface area contributed by atoms with Crippen LogP contribution in [0.25, 0.3) is 0 Å². The van der Waals surface area contributed by atoms with Gasteiger partial charge in [0.25, 0.3) is 0 Å². The molecular formula is C19H25N3O5. The molecule has 8 nitrogen and oxygen atoms in total. The topological polar surface area (TPSA) is 88.2 Å². The zero-order valence-electron chi connectivity index (χ0n) is 15.5. The molecule has 0 aliphatic carbocycles. The van der Waals surface area contributed by atoms with Gasteiger partial charge in [0.05, 0.1) is 32.8 Å². The third kappa shape index (κ3) is 5.05. The maximum Gasteiger partial charge on any atom is 0.325 e. The first-order valence-electron chi connectivity index (χ1n) is 9.06. The number of carbonyl (C=O) groups is 3. The van der Waals surface area contributed by atoms with Crippen LogP contribution in [-0.4, -0.2) is 74.1 Å². The number of hydrogen-bond donors (Lipinski definition) is 1. The van der Waals surface area contributed by atoms with E-state index >= 15 is 0 Å². The van der Waals surface area contributed by atoms with Crippen LogP contribution in [0.3, 0.4) is 0 Å². The minimum absolute atomic E-state index is 0.0147. The van der Waals surface area contributed by atoms with Gasteiger partial charge in [-0.05, 0) is 11.1 Å². The average Bonchev–Trinajstić information content (AvgIpc) is 2.91. The number of nitrogens with zero attached hydrogens (tertiary/aromatic N) is 2. The molecule has 1 unspecified atom stereocenters.